The zero-order valence-corrected chi connectivity index (χ0v) is 26.4. The van der Waals surface area contributed by atoms with E-state index in [-0.39, 0.29) is 29.7 Å². The van der Waals surface area contributed by atoms with Crippen LogP contribution in [0.15, 0.2) is 186 Å². The van der Waals surface area contributed by atoms with Gasteiger partial charge in [0.05, 0.1) is 5.48 Å². The second kappa shape index (κ2) is 11.1. The van der Waals surface area contributed by atoms with E-state index in [9.17, 15) is 4.11 Å². The maximum absolute atomic E-state index is 9.88. The molecule has 0 saturated carbocycles. The van der Waals surface area contributed by atoms with Gasteiger partial charge in [0, 0.05) is 16.3 Å². The number of furan rings is 1. The lowest BCUT2D eigenvalue weighted by molar-refractivity contribution is 0.670. The minimum Gasteiger partial charge on any atom is -0.455 e. The first-order chi connectivity index (χ1) is 26.0. The highest BCUT2D eigenvalue weighted by Crippen LogP contribution is 2.46. The average molecular weight is 627 g/mol. The van der Waals surface area contributed by atoms with Crippen molar-refractivity contribution in [1.82, 2.24) is 0 Å². The van der Waals surface area contributed by atoms with Gasteiger partial charge in [0.2, 0.25) is 0 Å². The van der Waals surface area contributed by atoms with Crippen molar-refractivity contribution < 1.29 is 9.90 Å². The molecule has 0 spiro atoms. The third-order valence-electron chi connectivity index (χ3n) is 9.74. The van der Waals surface area contributed by atoms with Crippen molar-refractivity contribution in [1.29, 1.82) is 0 Å². The molecular formula is C48H30O. The first-order valence-corrected chi connectivity index (χ1v) is 16.5. The normalized spacial score (nSPS) is 12.8. The van der Waals surface area contributed by atoms with Gasteiger partial charge in [-0.15, -0.1) is 0 Å². The van der Waals surface area contributed by atoms with Gasteiger partial charge in [-0.2, -0.15) is 0 Å². The quantitative estimate of drug-likeness (QED) is 0.177. The van der Waals surface area contributed by atoms with E-state index in [1.54, 1.807) is 0 Å². The molecule has 49 heavy (non-hydrogen) atoms. The van der Waals surface area contributed by atoms with Gasteiger partial charge in [-0.3, -0.25) is 0 Å². The van der Waals surface area contributed by atoms with Crippen LogP contribution < -0.4 is 0 Å². The summed E-state index contributed by atoms with van der Waals surface area (Å²) in [5.41, 5.74) is 7.42. The van der Waals surface area contributed by atoms with Crippen molar-refractivity contribution in [2.24, 2.45) is 0 Å². The molecule has 1 nitrogen and oxygen atoms in total. The van der Waals surface area contributed by atoms with Crippen molar-refractivity contribution in [3.63, 3.8) is 0 Å². The maximum Gasteiger partial charge on any atom is 0.143 e. The molecule has 1 heterocycles. The highest BCUT2D eigenvalue weighted by atomic mass is 16.3. The van der Waals surface area contributed by atoms with E-state index in [0.29, 0.717) is 22.3 Å². The van der Waals surface area contributed by atoms with Crippen LogP contribution in [0.25, 0.3) is 98.8 Å². The highest BCUT2D eigenvalue weighted by molar-refractivity contribution is 6.22. The molecule has 0 bridgehead atoms. The highest BCUT2D eigenvalue weighted by Gasteiger charge is 2.19. The van der Waals surface area contributed by atoms with Crippen LogP contribution in [-0.4, -0.2) is 0 Å². The van der Waals surface area contributed by atoms with Crippen LogP contribution in [0.1, 0.15) is 5.48 Å². The molecular weight excluding hydrogens is 593 g/mol. The Kier molecular flexibility index (Phi) is 5.38. The molecule has 0 N–H and O–H groups in total. The summed E-state index contributed by atoms with van der Waals surface area (Å²) in [5.74, 6) is 0. The number of para-hydroxylation sites is 1. The van der Waals surface area contributed by atoms with Crippen LogP contribution >= 0.6 is 0 Å². The van der Waals surface area contributed by atoms with Crippen LogP contribution in [0.2, 0.25) is 0 Å². The maximum atomic E-state index is 9.88. The second-order valence-corrected chi connectivity index (χ2v) is 12.4. The number of hydrogen-bond acceptors (Lipinski definition) is 1. The van der Waals surface area contributed by atoms with E-state index in [4.69, 9.17) is 5.79 Å². The molecule has 10 aromatic rings. The minimum atomic E-state index is -0.226. The first kappa shape index (κ1) is 23.8. The fourth-order valence-electron chi connectivity index (χ4n) is 7.65. The summed E-state index contributed by atoms with van der Waals surface area (Å²) in [6.07, 6.45) is 0. The summed E-state index contributed by atoms with van der Waals surface area (Å²) >= 11 is 0. The summed E-state index contributed by atoms with van der Waals surface area (Å²) in [6.45, 7) is 0. The Hall–Kier alpha value is -6.44. The third kappa shape index (κ3) is 4.33. The Morgan fingerprint density at radius 1 is 0.388 bits per heavy atom. The molecule has 0 atom stereocenters. The van der Waals surface area contributed by atoms with Gasteiger partial charge < -0.3 is 4.42 Å². The molecule has 0 radical (unpaired) electrons. The van der Waals surface area contributed by atoms with Gasteiger partial charge in [0.1, 0.15) is 11.2 Å². The summed E-state index contributed by atoms with van der Waals surface area (Å²) in [5, 5.41) is 7.87. The topological polar surface area (TPSA) is 13.1 Å². The Morgan fingerprint density at radius 3 is 1.67 bits per heavy atom. The van der Waals surface area contributed by atoms with Gasteiger partial charge in [-0.05, 0) is 83.4 Å². The Balaban J connectivity index is 1.28. The molecule has 9 aromatic carbocycles. The standard InChI is InChI=1S/C48H30O/c1-2-15-32(16-3-1)45-39-21-6-8-23-41(39)46(42-24-9-7-22-40(42)45)34-19-10-18-33(30-34)36-25-12-28-43-47-38(27-13-29-44(47)49-48(36)43)37-26-11-17-31-14-4-5-20-35(31)37/h1-30H/i10D,18D,19D,30D. The first-order valence-electron chi connectivity index (χ1n) is 18.5. The lowest BCUT2D eigenvalue weighted by Gasteiger charge is -2.18. The molecule has 0 saturated heterocycles. The molecule has 0 unspecified atom stereocenters. The summed E-state index contributed by atoms with van der Waals surface area (Å²) in [4.78, 5) is 0. The molecule has 1 aromatic heterocycles. The van der Waals surface area contributed by atoms with Crippen LogP contribution in [0, 0.1) is 0 Å². The summed E-state index contributed by atoms with van der Waals surface area (Å²) < 4.78 is 44.3. The van der Waals surface area contributed by atoms with E-state index in [1.807, 2.05) is 91.0 Å². The van der Waals surface area contributed by atoms with Gasteiger partial charge in [0.15, 0.2) is 0 Å². The predicted molar refractivity (Wildman–Crippen MR) is 208 cm³/mol. The fourth-order valence-corrected chi connectivity index (χ4v) is 7.65. The largest absolute Gasteiger partial charge is 0.455 e. The number of rotatable bonds is 4. The number of fused-ring (bicyclic) bond motifs is 6. The second-order valence-electron chi connectivity index (χ2n) is 12.4. The molecule has 228 valence electrons. The van der Waals surface area contributed by atoms with E-state index >= 15 is 0 Å². The van der Waals surface area contributed by atoms with E-state index in [1.165, 1.54) is 0 Å². The van der Waals surface area contributed by atoms with Crippen molar-refractivity contribution >= 4 is 54.3 Å². The molecule has 1 heteroatoms. The molecule has 0 aliphatic carbocycles. The molecule has 0 fully saturated rings. The van der Waals surface area contributed by atoms with Crippen molar-refractivity contribution in [3.8, 4) is 44.5 Å². The minimum absolute atomic E-state index is 0.0287. The molecule has 10 rings (SSSR count). The molecule has 0 aliphatic heterocycles. The lowest BCUT2D eigenvalue weighted by Crippen LogP contribution is -1.91. The van der Waals surface area contributed by atoms with Gasteiger partial charge in [-0.25, -0.2) is 0 Å². The summed E-state index contributed by atoms with van der Waals surface area (Å²) in [7, 11) is 0. The number of hydrogen-bond donors (Lipinski definition) is 0. The molecule has 0 aliphatic rings. The SMILES string of the molecule is [2H]c1c([2H])c(-c2c3ccccc3c(-c3ccccc3)c3ccccc23)c([2H])c(-c2cccc3c2oc2cccc(-c4cccc5ccccc45)c23)c1[2H]. The molecule has 0 amide bonds. The predicted octanol–water partition coefficient (Wildman–Crippen LogP) is 13.7. The van der Waals surface area contributed by atoms with Gasteiger partial charge in [0.25, 0.3) is 0 Å². The number of benzene rings is 9. The van der Waals surface area contributed by atoms with Crippen molar-refractivity contribution in [3.05, 3.63) is 182 Å². The van der Waals surface area contributed by atoms with Crippen LogP contribution in [0.5, 0.6) is 0 Å². The van der Waals surface area contributed by atoms with Crippen molar-refractivity contribution in [2.75, 3.05) is 0 Å². The smallest absolute Gasteiger partial charge is 0.143 e. The third-order valence-corrected chi connectivity index (χ3v) is 9.74. The van der Waals surface area contributed by atoms with E-state index in [2.05, 4.69) is 66.7 Å². The lowest BCUT2D eigenvalue weighted by atomic mass is 9.85. The van der Waals surface area contributed by atoms with Gasteiger partial charge >= 0.3 is 0 Å². The van der Waals surface area contributed by atoms with Crippen molar-refractivity contribution in [2.45, 2.75) is 0 Å². The van der Waals surface area contributed by atoms with Crippen LogP contribution in [0.4, 0.5) is 0 Å². The van der Waals surface area contributed by atoms with Crippen LogP contribution in [-0.2, 0) is 0 Å². The summed E-state index contributed by atoms with van der Waals surface area (Å²) in [6, 6.07) is 52.6. The fraction of sp³-hybridized carbons (Fsp3) is 0. The zero-order valence-electron chi connectivity index (χ0n) is 30.4. The van der Waals surface area contributed by atoms with Gasteiger partial charge in [-0.1, -0.05) is 170 Å². The Bertz CT molecular complexity index is 3040. The monoisotopic (exact) mass is 626 g/mol. The zero-order chi connectivity index (χ0) is 35.8. The van der Waals surface area contributed by atoms with Crippen LogP contribution in [0.3, 0.4) is 0 Å². The van der Waals surface area contributed by atoms with E-state index < -0.39 is 0 Å². The average Bonchev–Trinajstić information content (AvgIpc) is 3.60. The Labute approximate surface area is 289 Å². The Morgan fingerprint density at radius 2 is 0.918 bits per heavy atom. The van der Waals surface area contributed by atoms with E-state index in [0.717, 1.165) is 70.9 Å².